The van der Waals surface area contributed by atoms with Gasteiger partial charge in [0, 0.05) is 11.7 Å². The number of fused-ring (bicyclic) bond motifs is 1. The molecule has 1 unspecified atom stereocenters. The molecule has 4 nitrogen and oxygen atoms in total. The van der Waals surface area contributed by atoms with E-state index >= 15 is 0 Å². The molecule has 0 saturated carbocycles. The van der Waals surface area contributed by atoms with Crippen LogP contribution in [0.25, 0.3) is 16.7 Å². The summed E-state index contributed by atoms with van der Waals surface area (Å²) in [6, 6.07) is 18.1. The highest BCUT2D eigenvalue weighted by Gasteiger charge is 2.12. The molecule has 104 valence electrons. The van der Waals surface area contributed by atoms with Crippen molar-refractivity contribution in [1.29, 1.82) is 5.26 Å². The van der Waals surface area contributed by atoms with E-state index in [4.69, 9.17) is 11.0 Å². The maximum atomic E-state index is 9.04. The Hall–Kier alpha value is -2.64. The fourth-order valence-electron chi connectivity index (χ4n) is 2.50. The third-order valence-corrected chi connectivity index (χ3v) is 3.52. The number of aromatic nitrogens is 2. The number of para-hydroxylation sites is 2. The van der Waals surface area contributed by atoms with E-state index < -0.39 is 0 Å². The van der Waals surface area contributed by atoms with Crippen LogP contribution in [0.15, 0.2) is 48.5 Å². The van der Waals surface area contributed by atoms with Gasteiger partial charge >= 0.3 is 0 Å². The van der Waals surface area contributed by atoms with Crippen molar-refractivity contribution in [1.82, 2.24) is 9.55 Å². The molecule has 4 heteroatoms. The van der Waals surface area contributed by atoms with Gasteiger partial charge in [-0.05, 0) is 36.8 Å². The Bertz CT molecular complexity index is 824. The first-order valence-corrected chi connectivity index (χ1v) is 6.90. The molecule has 0 aliphatic carbocycles. The number of hydrogen-bond donors (Lipinski definition) is 1. The van der Waals surface area contributed by atoms with E-state index in [-0.39, 0.29) is 12.5 Å². The van der Waals surface area contributed by atoms with Crippen LogP contribution in [-0.4, -0.2) is 9.55 Å². The van der Waals surface area contributed by atoms with Crippen LogP contribution in [0.3, 0.4) is 0 Å². The molecule has 1 heterocycles. The molecule has 0 amide bonds. The van der Waals surface area contributed by atoms with Gasteiger partial charge in [-0.1, -0.05) is 24.3 Å². The zero-order valence-corrected chi connectivity index (χ0v) is 11.8. The van der Waals surface area contributed by atoms with Crippen molar-refractivity contribution in [3.8, 4) is 11.8 Å². The van der Waals surface area contributed by atoms with Gasteiger partial charge in [0.25, 0.3) is 0 Å². The Morgan fingerprint density at radius 3 is 2.81 bits per heavy atom. The summed E-state index contributed by atoms with van der Waals surface area (Å²) in [4.78, 5) is 4.56. The first-order valence-electron chi connectivity index (χ1n) is 6.90. The molecule has 3 rings (SSSR count). The molecule has 0 aliphatic rings. The maximum absolute atomic E-state index is 9.04. The molecule has 0 radical (unpaired) electrons. The molecule has 1 atom stereocenters. The second-order valence-electron chi connectivity index (χ2n) is 5.07. The number of imidazole rings is 1. The molecule has 0 bridgehead atoms. The third kappa shape index (κ3) is 2.39. The van der Waals surface area contributed by atoms with Gasteiger partial charge in [-0.2, -0.15) is 5.26 Å². The Labute approximate surface area is 123 Å². The minimum Gasteiger partial charge on any atom is -0.324 e. The van der Waals surface area contributed by atoms with Crippen LogP contribution in [0, 0.1) is 11.3 Å². The summed E-state index contributed by atoms with van der Waals surface area (Å²) in [6.45, 7) is 1.96. The van der Waals surface area contributed by atoms with E-state index in [1.165, 1.54) is 0 Å². The van der Waals surface area contributed by atoms with Gasteiger partial charge in [-0.25, -0.2) is 4.98 Å². The molecular formula is C17H16N4. The van der Waals surface area contributed by atoms with Gasteiger partial charge in [0.2, 0.25) is 0 Å². The Balaban J connectivity index is 2.25. The smallest absolute Gasteiger partial charge is 0.128 e. The summed E-state index contributed by atoms with van der Waals surface area (Å²) in [5, 5.41) is 9.04. The predicted octanol–water partition coefficient (Wildman–Crippen LogP) is 3.11. The maximum Gasteiger partial charge on any atom is 0.128 e. The normalized spacial score (nSPS) is 12.2. The second-order valence-corrected chi connectivity index (χ2v) is 5.07. The lowest BCUT2D eigenvalue weighted by Crippen LogP contribution is -2.07. The quantitative estimate of drug-likeness (QED) is 0.799. The number of nitrogens with zero attached hydrogens (tertiary/aromatic N) is 3. The molecule has 0 saturated heterocycles. The van der Waals surface area contributed by atoms with Crippen LogP contribution in [0.1, 0.15) is 24.4 Å². The van der Waals surface area contributed by atoms with Gasteiger partial charge in [-0.15, -0.1) is 0 Å². The predicted molar refractivity (Wildman–Crippen MR) is 83.0 cm³/mol. The molecule has 21 heavy (non-hydrogen) atoms. The van der Waals surface area contributed by atoms with Crippen LogP contribution in [0.2, 0.25) is 0 Å². The van der Waals surface area contributed by atoms with E-state index in [9.17, 15) is 0 Å². The Morgan fingerprint density at radius 1 is 1.24 bits per heavy atom. The van der Waals surface area contributed by atoms with Crippen LogP contribution >= 0.6 is 0 Å². The van der Waals surface area contributed by atoms with Crippen molar-refractivity contribution in [2.45, 2.75) is 19.4 Å². The van der Waals surface area contributed by atoms with E-state index in [1.54, 1.807) is 0 Å². The van der Waals surface area contributed by atoms with Crippen LogP contribution in [-0.2, 0) is 6.42 Å². The first-order chi connectivity index (χ1) is 10.2. The summed E-state index contributed by atoms with van der Waals surface area (Å²) >= 11 is 0. The SMILES string of the molecule is CC(N)c1cccc(-n2c(CC#N)nc3ccccc32)c1. The van der Waals surface area contributed by atoms with E-state index in [0.29, 0.717) is 0 Å². The number of nitriles is 1. The van der Waals surface area contributed by atoms with Crippen molar-refractivity contribution in [3.05, 3.63) is 59.9 Å². The average molecular weight is 276 g/mol. The Morgan fingerprint density at radius 2 is 2.05 bits per heavy atom. The highest BCUT2D eigenvalue weighted by atomic mass is 15.1. The van der Waals surface area contributed by atoms with E-state index in [1.807, 2.05) is 54.0 Å². The largest absolute Gasteiger partial charge is 0.324 e. The van der Waals surface area contributed by atoms with Crippen molar-refractivity contribution in [2.24, 2.45) is 5.73 Å². The van der Waals surface area contributed by atoms with Crippen molar-refractivity contribution in [2.75, 3.05) is 0 Å². The van der Waals surface area contributed by atoms with Crippen molar-refractivity contribution < 1.29 is 0 Å². The first kappa shape index (κ1) is 13.3. The average Bonchev–Trinajstić information content (AvgIpc) is 2.85. The molecule has 2 N–H and O–H groups in total. The second kappa shape index (κ2) is 5.39. The van der Waals surface area contributed by atoms with E-state index in [2.05, 4.69) is 17.1 Å². The fourth-order valence-corrected chi connectivity index (χ4v) is 2.50. The zero-order chi connectivity index (χ0) is 14.8. The van der Waals surface area contributed by atoms with Gasteiger partial charge in [0.15, 0.2) is 0 Å². The Kier molecular flexibility index (Phi) is 3.43. The van der Waals surface area contributed by atoms with Crippen molar-refractivity contribution >= 4 is 11.0 Å². The highest BCUT2D eigenvalue weighted by molar-refractivity contribution is 5.78. The minimum absolute atomic E-state index is 0.0286. The zero-order valence-electron chi connectivity index (χ0n) is 11.8. The minimum atomic E-state index is -0.0286. The molecule has 0 aliphatic heterocycles. The van der Waals surface area contributed by atoms with Crippen molar-refractivity contribution in [3.63, 3.8) is 0 Å². The lowest BCUT2D eigenvalue weighted by atomic mass is 10.1. The molecule has 0 spiro atoms. The number of rotatable bonds is 3. The molecule has 3 aromatic rings. The number of benzene rings is 2. The fraction of sp³-hybridized carbons (Fsp3) is 0.176. The lowest BCUT2D eigenvalue weighted by molar-refractivity contribution is 0.815. The summed E-state index contributed by atoms with van der Waals surface area (Å²) in [5.41, 5.74) is 9.92. The number of hydrogen-bond acceptors (Lipinski definition) is 3. The van der Waals surface area contributed by atoms with Gasteiger partial charge in [0.1, 0.15) is 5.82 Å². The number of nitrogens with two attached hydrogens (primary N) is 1. The third-order valence-electron chi connectivity index (χ3n) is 3.52. The monoisotopic (exact) mass is 276 g/mol. The molecule has 0 fully saturated rings. The summed E-state index contributed by atoms with van der Waals surface area (Å²) < 4.78 is 2.03. The standard InChI is InChI=1S/C17H16N4/c1-12(19)13-5-4-6-14(11-13)21-16-8-3-2-7-15(16)20-17(21)9-10-18/h2-8,11-12H,9,19H2,1H3. The summed E-state index contributed by atoms with van der Waals surface area (Å²) in [5.74, 6) is 0.750. The van der Waals surface area contributed by atoms with Crippen LogP contribution < -0.4 is 5.73 Å². The molecular weight excluding hydrogens is 260 g/mol. The molecule has 2 aromatic carbocycles. The highest BCUT2D eigenvalue weighted by Crippen LogP contribution is 2.23. The van der Waals surface area contributed by atoms with Crippen LogP contribution in [0.5, 0.6) is 0 Å². The lowest BCUT2D eigenvalue weighted by Gasteiger charge is -2.11. The van der Waals surface area contributed by atoms with E-state index in [0.717, 1.165) is 28.1 Å². The van der Waals surface area contributed by atoms with Gasteiger partial charge < -0.3 is 5.73 Å². The topological polar surface area (TPSA) is 67.6 Å². The summed E-state index contributed by atoms with van der Waals surface area (Å²) in [7, 11) is 0. The van der Waals surface area contributed by atoms with Gasteiger partial charge in [0.05, 0.1) is 23.5 Å². The molecule has 1 aromatic heterocycles. The van der Waals surface area contributed by atoms with Gasteiger partial charge in [-0.3, -0.25) is 4.57 Å². The summed E-state index contributed by atoms with van der Waals surface area (Å²) in [6.07, 6.45) is 0.275. The van der Waals surface area contributed by atoms with Crippen LogP contribution in [0.4, 0.5) is 0 Å².